The van der Waals surface area contributed by atoms with Crippen molar-refractivity contribution in [2.24, 2.45) is 0 Å². The van der Waals surface area contributed by atoms with Crippen molar-refractivity contribution in [2.45, 2.75) is 43.5 Å². The first kappa shape index (κ1) is 17.4. The number of hydrogen-bond donors (Lipinski definition) is 3. The smallest absolute Gasteiger partial charge is 0.253 e. The standard InChI is InChI=1S/C13H18N6O2S2/c1-3-5-10-18-19-13(23-10)17-11(21)7(4-2)22-12-15-8(14)6-9(20)16-12/h6-7H,3-5H2,1-2H3,(H,17,19,21)(H3,14,15,16,20). The molecule has 0 aliphatic carbocycles. The minimum absolute atomic E-state index is 0.125. The Morgan fingerprint density at radius 3 is 2.91 bits per heavy atom. The lowest BCUT2D eigenvalue weighted by Gasteiger charge is -2.12. The number of nitrogens with one attached hydrogen (secondary N) is 2. The molecule has 10 heteroatoms. The van der Waals surface area contributed by atoms with Crippen molar-refractivity contribution >= 4 is 40.0 Å². The van der Waals surface area contributed by atoms with E-state index in [9.17, 15) is 9.59 Å². The molecule has 4 N–H and O–H groups in total. The number of nitrogens with zero attached hydrogens (tertiary/aromatic N) is 3. The van der Waals surface area contributed by atoms with E-state index >= 15 is 0 Å². The second kappa shape index (κ2) is 8.06. The molecule has 0 aliphatic heterocycles. The van der Waals surface area contributed by atoms with E-state index in [1.54, 1.807) is 0 Å². The fraction of sp³-hybridized carbons (Fsp3) is 0.462. The fourth-order valence-electron chi connectivity index (χ4n) is 1.77. The molecule has 0 bridgehead atoms. The van der Waals surface area contributed by atoms with Crippen LogP contribution in [-0.4, -0.2) is 31.3 Å². The highest BCUT2D eigenvalue weighted by Gasteiger charge is 2.21. The predicted octanol–water partition coefficient (Wildman–Crippen LogP) is 1.67. The molecular formula is C13H18N6O2S2. The maximum absolute atomic E-state index is 12.3. The molecule has 1 atom stereocenters. The van der Waals surface area contributed by atoms with Crippen LogP contribution >= 0.6 is 23.1 Å². The number of nitrogens with two attached hydrogens (primary N) is 1. The Balaban J connectivity index is 2.04. The number of aromatic amines is 1. The Morgan fingerprint density at radius 2 is 2.26 bits per heavy atom. The van der Waals surface area contributed by atoms with Gasteiger partial charge in [0.2, 0.25) is 11.0 Å². The summed E-state index contributed by atoms with van der Waals surface area (Å²) in [7, 11) is 0. The van der Waals surface area contributed by atoms with Gasteiger partial charge in [-0.05, 0) is 12.8 Å². The summed E-state index contributed by atoms with van der Waals surface area (Å²) >= 11 is 2.53. The van der Waals surface area contributed by atoms with Crippen LogP contribution in [0.3, 0.4) is 0 Å². The molecule has 0 saturated heterocycles. The summed E-state index contributed by atoms with van der Waals surface area (Å²) in [5.41, 5.74) is 5.20. The van der Waals surface area contributed by atoms with E-state index in [1.165, 1.54) is 17.4 Å². The normalized spacial score (nSPS) is 12.1. The molecule has 2 aromatic heterocycles. The molecule has 23 heavy (non-hydrogen) atoms. The van der Waals surface area contributed by atoms with Gasteiger partial charge in [-0.1, -0.05) is 36.9 Å². The molecule has 2 aromatic rings. The average Bonchev–Trinajstić information content (AvgIpc) is 2.91. The highest BCUT2D eigenvalue weighted by atomic mass is 32.2. The molecule has 8 nitrogen and oxygen atoms in total. The van der Waals surface area contributed by atoms with Gasteiger partial charge in [0.05, 0.1) is 5.25 Å². The van der Waals surface area contributed by atoms with Crippen LogP contribution in [0, 0.1) is 0 Å². The molecular weight excluding hydrogens is 336 g/mol. The van der Waals surface area contributed by atoms with Gasteiger partial charge in [-0.25, -0.2) is 4.98 Å². The number of H-pyrrole nitrogens is 1. The number of aryl methyl sites for hydroxylation is 1. The van der Waals surface area contributed by atoms with Crippen molar-refractivity contribution in [1.29, 1.82) is 0 Å². The molecule has 2 rings (SSSR count). The first-order valence-corrected chi connectivity index (χ1v) is 8.88. The van der Waals surface area contributed by atoms with Crippen molar-refractivity contribution in [3.63, 3.8) is 0 Å². The number of carbonyl (C=O) groups excluding carboxylic acids is 1. The van der Waals surface area contributed by atoms with E-state index in [1.807, 2.05) is 6.92 Å². The van der Waals surface area contributed by atoms with Gasteiger partial charge in [-0.3, -0.25) is 14.9 Å². The first-order valence-electron chi connectivity index (χ1n) is 7.18. The molecule has 1 unspecified atom stereocenters. The summed E-state index contributed by atoms with van der Waals surface area (Å²) in [5, 5.41) is 12.0. The topological polar surface area (TPSA) is 127 Å². The van der Waals surface area contributed by atoms with Crippen molar-refractivity contribution in [3.05, 3.63) is 21.4 Å². The molecule has 0 spiro atoms. The number of anilines is 2. The Hall–Kier alpha value is -1.94. The third-order valence-electron chi connectivity index (χ3n) is 2.82. The SMILES string of the molecule is CCCc1nnc(NC(=O)C(CC)Sc2nc(N)cc(=O)[nH]2)s1. The maximum atomic E-state index is 12.3. The molecule has 0 radical (unpaired) electrons. The van der Waals surface area contributed by atoms with Gasteiger partial charge >= 0.3 is 0 Å². The molecule has 0 aliphatic rings. The highest BCUT2D eigenvalue weighted by Crippen LogP contribution is 2.24. The monoisotopic (exact) mass is 354 g/mol. The van der Waals surface area contributed by atoms with Crippen LogP contribution in [0.1, 0.15) is 31.7 Å². The summed E-state index contributed by atoms with van der Waals surface area (Å²) in [5.74, 6) is -0.0818. The van der Waals surface area contributed by atoms with Crippen molar-refractivity contribution in [3.8, 4) is 0 Å². The van der Waals surface area contributed by atoms with E-state index in [0.29, 0.717) is 16.7 Å². The Labute approximate surface area is 141 Å². The molecule has 0 aromatic carbocycles. The van der Waals surface area contributed by atoms with Crippen molar-refractivity contribution in [2.75, 3.05) is 11.1 Å². The van der Waals surface area contributed by atoms with E-state index in [4.69, 9.17) is 5.73 Å². The number of nitrogen functional groups attached to an aromatic ring is 1. The molecule has 0 fully saturated rings. The molecule has 1 amide bonds. The minimum Gasteiger partial charge on any atom is -0.383 e. The Morgan fingerprint density at radius 1 is 1.48 bits per heavy atom. The van der Waals surface area contributed by atoms with Crippen LogP contribution in [0.15, 0.2) is 16.0 Å². The number of carbonyl (C=O) groups is 1. The second-order valence-corrected chi connectivity index (χ2v) is 6.98. The third kappa shape index (κ3) is 5.03. The number of hydrogen-bond acceptors (Lipinski definition) is 8. The van der Waals surface area contributed by atoms with Gasteiger partial charge in [0, 0.05) is 12.5 Å². The van der Waals surface area contributed by atoms with Crippen LogP contribution < -0.4 is 16.6 Å². The minimum atomic E-state index is -0.418. The van der Waals surface area contributed by atoms with Crippen LogP contribution in [0.4, 0.5) is 10.9 Å². The molecule has 124 valence electrons. The van der Waals surface area contributed by atoms with Gasteiger partial charge in [-0.15, -0.1) is 10.2 Å². The van der Waals surface area contributed by atoms with Crippen molar-refractivity contribution < 1.29 is 4.79 Å². The third-order valence-corrected chi connectivity index (χ3v) is 4.96. The van der Waals surface area contributed by atoms with E-state index in [2.05, 4.69) is 32.4 Å². The largest absolute Gasteiger partial charge is 0.383 e. The van der Waals surface area contributed by atoms with Crippen LogP contribution in [0.25, 0.3) is 0 Å². The van der Waals surface area contributed by atoms with E-state index < -0.39 is 5.25 Å². The Kier molecular flexibility index (Phi) is 6.11. The zero-order valence-corrected chi connectivity index (χ0v) is 14.5. The summed E-state index contributed by atoms with van der Waals surface area (Å²) < 4.78 is 0. The maximum Gasteiger partial charge on any atom is 0.253 e. The van der Waals surface area contributed by atoms with Crippen LogP contribution in [-0.2, 0) is 11.2 Å². The van der Waals surface area contributed by atoms with Gasteiger partial charge < -0.3 is 10.7 Å². The lowest BCUT2D eigenvalue weighted by Crippen LogP contribution is -2.25. The number of thioether (sulfide) groups is 1. The van der Waals surface area contributed by atoms with Crippen LogP contribution in [0.5, 0.6) is 0 Å². The van der Waals surface area contributed by atoms with Gasteiger partial charge in [0.1, 0.15) is 10.8 Å². The molecule has 2 heterocycles. The second-order valence-electron chi connectivity index (χ2n) is 4.73. The summed E-state index contributed by atoms with van der Waals surface area (Å²) in [6.45, 7) is 3.94. The summed E-state index contributed by atoms with van der Waals surface area (Å²) in [4.78, 5) is 30.3. The zero-order chi connectivity index (χ0) is 16.8. The number of aromatic nitrogens is 4. The Bertz CT molecular complexity index is 729. The fourth-order valence-corrected chi connectivity index (χ4v) is 3.54. The predicted molar refractivity (Wildman–Crippen MR) is 91.7 cm³/mol. The lowest BCUT2D eigenvalue weighted by atomic mass is 10.3. The summed E-state index contributed by atoms with van der Waals surface area (Å²) in [6.07, 6.45) is 2.38. The van der Waals surface area contributed by atoms with E-state index in [-0.39, 0.29) is 17.3 Å². The number of rotatable bonds is 7. The zero-order valence-electron chi connectivity index (χ0n) is 12.8. The average molecular weight is 354 g/mol. The van der Waals surface area contributed by atoms with Crippen molar-refractivity contribution in [1.82, 2.24) is 20.2 Å². The molecule has 0 saturated carbocycles. The van der Waals surface area contributed by atoms with Gasteiger partial charge in [0.25, 0.3) is 5.56 Å². The van der Waals surface area contributed by atoms with Gasteiger partial charge in [-0.2, -0.15) is 0 Å². The van der Waals surface area contributed by atoms with Crippen LogP contribution in [0.2, 0.25) is 0 Å². The number of amides is 1. The quantitative estimate of drug-likeness (QED) is 0.510. The van der Waals surface area contributed by atoms with Gasteiger partial charge in [0.15, 0.2) is 5.16 Å². The highest BCUT2D eigenvalue weighted by molar-refractivity contribution is 8.00. The van der Waals surface area contributed by atoms with E-state index in [0.717, 1.165) is 29.6 Å². The summed E-state index contributed by atoms with van der Waals surface area (Å²) in [6, 6.07) is 1.20. The lowest BCUT2D eigenvalue weighted by molar-refractivity contribution is -0.115. The first-order chi connectivity index (χ1) is 11.0.